The number of benzene rings is 1. The lowest BCUT2D eigenvalue weighted by Crippen LogP contribution is -2.19. The number of nitrogen functional groups attached to an aromatic ring is 1. The molecule has 3 nitrogen and oxygen atoms in total. The molecule has 1 fully saturated rings. The van der Waals surface area contributed by atoms with E-state index in [1.807, 2.05) is 19.0 Å². The van der Waals surface area contributed by atoms with Crippen LogP contribution in [-0.4, -0.2) is 26.8 Å². The maximum Gasteiger partial charge on any atom is 0.158 e. The van der Waals surface area contributed by atoms with Gasteiger partial charge in [0.25, 0.3) is 0 Å². The van der Waals surface area contributed by atoms with Crippen molar-refractivity contribution < 1.29 is 9.47 Å². The van der Waals surface area contributed by atoms with Crippen LogP contribution in [-0.2, 0) is 15.9 Å². The molecule has 0 atom stereocenters. The van der Waals surface area contributed by atoms with E-state index in [4.69, 9.17) is 15.2 Å². The van der Waals surface area contributed by atoms with Crippen LogP contribution in [0.2, 0.25) is 6.82 Å². The Morgan fingerprint density at radius 2 is 2.12 bits per heavy atom. The van der Waals surface area contributed by atoms with Crippen LogP contribution >= 0.6 is 0 Å². The van der Waals surface area contributed by atoms with Crippen molar-refractivity contribution in [2.24, 2.45) is 0 Å². The molecule has 2 N–H and O–H groups in total. The summed E-state index contributed by atoms with van der Waals surface area (Å²) in [4.78, 5) is 0. The van der Waals surface area contributed by atoms with Gasteiger partial charge in [-0.2, -0.15) is 0 Å². The molecule has 0 bridgehead atoms. The molecular formula is C12H17BNO2. The first-order chi connectivity index (χ1) is 7.79. The van der Waals surface area contributed by atoms with Gasteiger partial charge in [0.15, 0.2) is 6.29 Å². The second kappa shape index (κ2) is 5.37. The predicted molar refractivity (Wildman–Crippen MR) is 66.1 cm³/mol. The first-order valence-corrected chi connectivity index (χ1v) is 5.70. The molecule has 1 radical (unpaired) electrons. The van der Waals surface area contributed by atoms with E-state index in [9.17, 15) is 0 Å². The standard InChI is InChI=1S/C12H17BNO2/c1-13-11-4-3-10(14)8-9(11)2-5-12-15-6-7-16-12/h3-4,8,12H,2,5-7,14H2,1H3. The lowest BCUT2D eigenvalue weighted by molar-refractivity contribution is -0.0461. The van der Waals surface area contributed by atoms with Crippen LogP contribution in [0.3, 0.4) is 0 Å². The number of anilines is 1. The maximum atomic E-state index is 5.79. The summed E-state index contributed by atoms with van der Waals surface area (Å²) in [7, 11) is 2.10. The van der Waals surface area contributed by atoms with Crippen LogP contribution in [0, 0.1) is 0 Å². The highest BCUT2D eigenvalue weighted by Crippen LogP contribution is 2.13. The molecule has 0 saturated carbocycles. The second-order valence-corrected chi connectivity index (χ2v) is 3.96. The van der Waals surface area contributed by atoms with Gasteiger partial charge in [-0.25, -0.2) is 0 Å². The molecule has 1 aliphatic heterocycles. The summed E-state index contributed by atoms with van der Waals surface area (Å²) in [6.07, 6.45) is 1.80. The predicted octanol–water partition coefficient (Wildman–Crippen LogP) is 0.952. The van der Waals surface area contributed by atoms with Gasteiger partial charge in [-0.3, -0.25) is 0 Å². The number of nitrogens with two attached hydrogens (primary N) is 1. The molecule has 2 rings (SSSR count). The van der Waals surface area contributed by atoms with Gasteiger partial charge in [0.2, 0.25) is 0 Å². The second-order valence-electron chi connectivity index (χ2n) is 3.96. The zero-order valence-electron chi connectivity index (χ0n) is 9.61. The van der Waals surface area contributed by atoms with Crippen LogP contribution in [0.15, 0.2) is 18.2 Å². The van der Waals surface area contributed by atoms with Gasteiger partial charge < -0.3 is 15.2 Å². The van der Waals surface area contributed by atoms with Crippen molar-refractivity contribution >= 4 is 18.4 Å². The van der Waals surface area contributed by atoms with Crippen molar-refractivity contribution in [1.29, 1.82) is 0 Å². The molecule has 0 unspecified atom stereocenters. The summed E-state index contributed by atoms with van der Waals surface area (Å²) in [5, 5.41) is 0. The van der Waals surface area contributed by atoms with Gasteiger partial charge in [0.05, 0.1) is 13.2 Å². The number of ether oxygens (including phenoxy) is 2. The molecule has 16 heavy (non-hydrogen) atoms. The Bertz CT molecular complexity index is 351. The van der Waals surface area contributed by atoms with E-state index in [1.165, 1.54) is 11.0 Å². The maximum absolute atomic E-state index is 5.79. The average Bonchev–Trinajstić information content (AvgIpc) is 2.79. The smallest absolute Gasteiger partial charge is 0.158 e. The van der Waals surface area contributed by atoms with E-state index < -0.39 is 0 Å². The quantitative estimate of drug-likeness (QED) is 0.604. The Kier molecular flexibility index (Phi) is 3.85. The van der Waals surface area contributed by atoms with Crippen LogP contribution in [0.25, 0.3) is 0 Å². The molecule has 85 valence electrons. The zero-order chi connectivity index (χ0) is 11.4. The number of rotatable bonds is 4. The number of aryl methyl sites for hydroxylation is 1. The first-order valence-electron chi connectivity index (χ1n) is 5.70. The van der Waals surface area contributed by atoms with Crippen molar-refractivity contribution in [3.63, 3.8) is 0 Å². The van der Waals surface area contributed by atoms with E-state index in [1.54, 1.807) is 0 Å². The SMILES string of the molecule is C[B]c1ccc(N)cc1CCC1OCCO1. The van der Waals surface area contributed by atoms with Gasteiger partial charge in [-0.15, -0.1) is 0 Å². The molecule has 0 aromatic heterocycles. The summed E-state index contributed by atoms with van der Waals surface area (Å²) in [5.74, 6) is 0. The van der Waals surface area contributed by atoms with Crippen molar-refractivity contribution in [3.05, 3.63) is 23.8 Å². The van der Waals surface area contributed by atoms with Crippen LogP contribution in [0.1, 0.15) is 12.0 Å². The van der Waals surface area contributed by atoms with Crippen LogP contribution < -0.4 is 11.2 Å². The monoisotopic (exact) mass is 218 g/mol. The summed E-state index contributed by atoms with van der Waals surface area (Å²) in [6.45, 7) is 3.47. The normalized spacial score (nSPS) is 16.6. The van der Waals surface area contributed by atoms with Gasteiger partial charge in [-0.05, 0) is 18.6 Å². The highest BCUT2D eigenvalue weighted by molar-refractivity contribution is 6.52. The average molecular weight is 218 g/mol. The summed E-state index contributed by atoms with van der Waals surface area (Å²) < 4.78 is 10.8. The largest absolute Gasteiger partial charge is 0.399 e. The van der Waals surface area contributed by atoms with Gasteiger partial charge in [0, 0.05) is 12.1 Å². The Hall–Kier alpha value is -0.995. The van der Waals surface area contributed by atoms with Gasteiger partial charge in [0.1, 0.15) is 7.28 Å². The van der Waals surface area contributed by atoms with E-state index in [0.29, 0.717) is 13.2 Å². The minimum absolute atomic E-state index is 0.0360. The molecule has 4 heteroatoms. The molecule has 1 aromatic rings. The first kappa shape index (κ1) is 11.5. The topological polar surface area (TPSA) is 44.5 Å². The van der Waals surface area contributed by atoms with Crippen molar-refractivity contribution in [2.45, 2.75) is 26.0 Å². The molecule has 1 saturated heterocycles. The lowest BCUT2D eigenvalue weighted by Gasteiger charge is -2.12. The third-order valence-corrected chi connectivity index (χ3v) is 2.82. The number of hydrogen-bond acceptors (Lipinski definition) is 3. The van der Waals surface area contributed by atoms with Gasteiger partial charge in [-0.1, -0.05) is 23.9 Å². The molecule has 0 amide bonds. The van der Waals surface area contributed by atoms with Crippen molar-refractivity contribution in [1.82, 2.24) is 0 Å². The fourth-order valence-corrected chi connectivity index (χ4v) is 1.97. The molecule has 0 aliphatic carbocycles. The fraction of sp³-hybridized carbons (Fsp3) is 0.500. The minimum Gasteiger partial charge on any atom is -0.399 e. The molecular weight excluding hydrogens is 201 g/mol. The minimum atomic E-state index is -0.0360. The fourth-order valence-electron chi connectivity index (χ4n) is 1.97. The zero-order valence-corrected chi connectivity index (χ0v) is 9.61. The Morgan fingerprint density at radius 1 is 1.38 bits per heavy atom. The summed E-state index contributed by atoms with van der Waals surface area (Å²) >= 11 is 0. The highest BCUT2D eigenvalue weighted by atomic mass is 16.7. The Morgan fingerprint density at radius 3 is 2.81 bits per heavy atom. The van der Waals surface area contributed by atoms with Crippen molar-refractivity contribution in [3.8, 4) is 0 Å². The summed E-state index contributed by atoms with van der Waals surface area (Å²) in [6, 6.07) is 6.02. The highest BCUT2D eigenvalue weighted by Gasteiger charge is 2.16. The van der Waals surface area contributed by atoms with E-state index in [-0.39, 0.29) is 6.29 Å². The van der Waals surface area contributed by atoms with E-state index in [2.05, 4.69) is 13.3 Å². The third kappa shape index (κ3) is 2.77. The Balaban J connectivity index is 1.98. The van der Waals surface area contributed by atoms with Crippen LogP contribution in [0.4, 0.5) is 5.69 Å². The molecule has 1 aliphatic rings. The number of hydrogen-bond donors (Lipinski definition) is 1. The lowest BCUT2D eigenvalue weighted by atomic mass is 9.70. The van der Waals surface area contributed by atoms with Crippen LogP contribution in [0.5, 0.6) is 0 Å². The summed E-state index contributed by atoms with van der Waals surface area (Å²) in [5.41, 5.74) is 9.11. The third-order valence-electron chi connectivity index (χ3n) is 2.82. The molecule has 1 aromatic carbocycles. The van der Waals surface area contributed by atoms with Gasteiger partial charge >= 0.3 is 0 Å². The van der Waals surface area contributed by atoms with Crippen molar-refractivity contribution in [2.75, 3.05) is 18.9 Å². The van der Waals surface area contributed by atoms with E-state index in [0.717, 1.165) is 18.5 Å². The molecule has 1 heterocycles. The molecule has 0 spiro atoms. The Labute approximate surface area is 97.2 Å². The van der Waals surface area contributed by atoms with E-state index >= 15 is 0 Å².